The van der Waals surface area contributed by atoms with Crippen LogP contribution in [-0.4, -0.2) is 9.97 Å². The van der Waals surface area contributed by atoms with Crippen molar-refractivity contribution in [2.24, 2.45) is 0 Å². The molecule has 0 amide bonds. The van der Waals surface area contributed by atoms with E-state index >= 15 is 0 Å². The first kappa shape index (κ1) is 12.1. The monoisotopic (exact) mass is 341 g/mol. The molecule has 2 aromatic rings. The van der Waals surface area contributed by atoms with Crippen molar-refractivity contribution >= 4 is 28.4 Å². The van der Waals surface area contributed by atoms with E-state index in [9.17, 15) is 0 Å². The number of aromatic nitrogens is 2. The number of hydrogen-bond acceptors (Lipinski definition) is 4. The summed E-state index contributed by atoms with van der Waals surface area (Å²) in [5, 5.41) is 0. The molecule has 0 fully saturated rings. The highest BCUT2D eigenvalue weighted by atomic mass is 127. The molecule has 88 valence electrons. The number of nitrogen functional groups attached to an aromatic ring is 1. The first-order chi connectivity index (χ1) is 8.22. The molecule has 0 atom stereocenters. The van der Waals surface area contributed by atoms with Crippen LogP contribution in [0.2, 0.25) is 0 Å². The van der Waals surface area contributed by atoms with Crippen LogP contribution in [0.15, 0.2) is 30.6 Å². The smallest absolute Gasteiger partial charge is 0.227 e. The molecule has 0 aliphatic carbocycles. The van der Waals surface area contributed by atoms with Crippen LogP contribution in [-0.2, 0) is 6.42 Å². The van der Waals surface area contributed by atoms with Gasteiger partial charge in [-0.15, -0.1) is 0 Å². The normalized spacial score (nSPS) is 10.2. The average molecular weight is 341 g/mol. The molecule has 5 heteroatoms. The van der Waals surface area contributed by atoms with Crippen molar-refractivity contribution in [2.75, 3.05) is 5.73 Å². The Kier molecular flexibility index (Phi) is 3.78. The van der Waals surface area contributed by atoms with Gasteiger partial charge in [0.2, 0.25) is 5.88 Å². The van der Waals surface area contributed by atoms with Gasteiger partial charge in [0.1, 0.15) is 17.9 Å². The Morgan fingerprint density at radius 3 is 2.76 bits per heavy atom. The van der Waals surface area contributed by atoms with Gasteiger partial charge in [-0.2, -0.15) is 0 Å². The molecule has 2 N–H and O–H groups in total. The van der Waals surface area contributed by atoms with Gasteiger partial charge in [-0.25, -0.2) is 9.97 Å². The van der Waals surface area contributed by atoms with Crippen molar-refractivity contribution in [2.45, 2.75) is 13.3 Å². The summed E-state index contributed by atoms with van der Waals surface area (Å²) in [7, 11) is 0. The van der Waals surface area contributed by atoms with Crippen LogP contribution in [0.3, 0.4) is 0 Å². The minimum Gasteiger partial charge on any atom is -0.437 e. The van der Waals surface area contributed by atoms with Gasteiger partial charge in [0, 0.05) is 0 Å². The molecular formula is C12H12IN3O. The second-order valence-electron chi connectivity index (χ2n) is 3.43. The fraction of sp³-hybridized carbons (Fsp3) is 0.167. The van der Waals surface area contributed by atoms with E-state index in [0.717, 1.165) is 21.3 Å². The van der Waals surface area contributed by atoms with Gasteiger partial charge in [0.05, 0.1) is 9.13 Å². The van der Waals surface area contributed by atoms with E-state index in [4.69, 9.17) is 10.5 Å². The SMILES string of the molecule is CCc1c(N)ncnc1Oc1ccccc1I. The van der Waals surface area contributed by atoms with Gasteiger partial charge < -0.3 is 10.5 Å². The lowest BCUT2D eigenvalue weighted by Crippen LogP contribution is -2.02. The molecule has 0 saturated heterocycles. The summed E-state index contributed by atoms with van der Waals surface area (Å²) in [5.74, 6) is 1.79. The highest BCUT2D eigenvalue weighted by Crippen LogP contribution is 2.28. The topological polar surface area (TPSA) is 61.0 Å². The Hall–Kier alpha value is -1.37. The van der Waals surface area contributed by atoms with Crippen LogP contribution >= 0.6 is 22.6 Å². The minimum absolute atomic E-state index is 0.475. The predicted molar refractivity (Wildman–Crippen MR) is 75.1 cm³/mol. The van der Waals surface area contributed by atoms with Crippen LogP contribution in [0.5, 0.6) is 11.6 Å². The summed E-state index contributed by atoms with van der Waals surface area (Å²) in [4.78, 5) is 8.09. The van der Waals surface area contributed by atoms with E-state index in [2.05, 4.69) is 32.6 Å². The van der Waals surface area contributed by atoms with Gasteiger partial charge in [-0.05, 0) is 41.1 Å². The van der Waals surface area contributed by atoms with E-state index < -0.39 is 0 Å². The fourth-order valence-electron chi connectivity index (χ4n) is 1.46. The van der Waals surface area contributed by atoms with Gasteiger partial charge >= 0.3 is 0 Å². The van der Waals surface area contributed by atoms with Crippen molar-refractivity contribution < 1.29 is 4.74 Å². The maximum Gasteiger partial charge on any atom is 0.227 e. The molecule has 1 heterocycles. The number of ether oxygens (including phenoxy) is 1. The number of nitrogens with two attached hydrogens (primary N) is 1. The molecule has 1 aromatic carbocycles. The van der Waals surface area contributed by atoms with Crippen molar-refractivity contribution in [3.05, 3.63) is 39.7 Å². The van der Waals surface area contributed by atoms with E-state index in [0.29, 0.717) is 11.7 Å². The lowest BCUT2D eigenvalue weighted by Gasteiger charge is -2.10. The molecule has 4 nitrogen and oxygen atoms in total. The molecule has 0 aliphatic rings. The van der Waals surface area contributed by atoms with Crippen LogP contribution in [0.25, 0.3) is 0 Å². The van der Waals surface area contributed by atoms with Gasteiger partial charge in [0.15, 0.2) is 0 Å². The number of halogens is 1. The Bertz CT molecular complexity index is 531. The molecule has 0 radical (unpaired) electrons. The van der Waals surface area contributed by atoms with E-state index in [1.54, 1.807) is 0 Å². The summed E-state index contributed by atoms with van der Waals surface area (Å²) in [6.45, 7) is 2.00. The highest BCUT2D eigenvalue weighted by Gasteiger charge is 2.10. The van der Waals surface area contributed by atoms with Gasteiger partial charge in [-0.3, -0.25) is 0 Å². The standard InChI is InChI=1S/C12H12IN3O/c1-2-8-11(14)15-7-16-12(8)17-10-6-4-3-5-9(10)13/h3-7H,2H2,1H3,(H2,14,15,16). The van der Waals surface area contributed by atoms with Crippen LogP contribution < -0.4 is 10.5 Å². The van der Waals surface area contributed by atoms with Crippen molar-refractivity contribution in [1.82, 2.24) is 9.97 Å². The molecule has 1 aromatic heterocycles. The zero-order valence-electron chi connectivity index (χ0n) is 9.35. The van der Waals surface area contributed by atoms with E-state index in [1.807, 2.05) is 31.2 Å². The van der Waals surface area contributed by atoms with Crippen LogP contribution in [0.1, 0.15) is 12.5 Å². The second-order valence-corrected chi connectivity index (χ2v) is 4.59. The molecule has 0 unspecified atom stereocenters. The average Bonchev–Trinajstić information content (AvgIpc) is 2.32. The van der Waals surface area contributed by atoms with Crippen LogP contribution in [0, 0.1) is 3.57 Å². The summed E-state index contributed by atoms with van der Waals surface area (Å²) >= 11 is 2.22. The molecule has 0 aliphatic heterocycles. The lowest BCUT2D eigenvalue weighted by molar-refractivity contribution is 0.452. The van der Waals surface area contributed by atoms with Crippen molar-refractivity contribution in [3.63, 3.8) is 0 Å². The van der Waals surface area contributed by atoms with Crippen molar-refractivity contribution in [1.29, 1.82) is 0 Å². The molecule has 0 saturated carbocycles. The molecule has 17 heavy (non-hydrogen) atoms. The fourth-order valence-corrected chi connectivity index (χ4v) is 1.96. The third-order valence-corrected chi connectivity index (χ3v) is 3.23. The lowest BCUT2D eigenvalue weighted by atomic mass is 10.2. The largest absolute Gasteiger partial charge is 0.437 e. The Morgan fingerprint density at radius 2 is 2.06 bits per heavy atom. The highest BCUT2D eigenvalue weighted by molar-refractivity contribution is 14.1. The number of rotatable bonds is 3. The molecule has 0 spiro atoms. The minimum atomic E-state index is 0.475. The predicted octanol–water partition coefficient (Wildman–Crippen LogP) is 3.02. The van der Waals surface area contributed by atoms with Gasteiger partial charge in [-0.1, -0.05) is 19.1 Å². The zero-order chi connectivity index (χ0) is 12.3. The molecular weight excluding hydrogens is 329 g/mol. The quantitative estimate of drug-likeness (QED) is 0.872. The Labute approximate surface area is 113 Å². The third kappa shape index (κ3) is 2.66. The molecule has 0 bridgehead atoms. The van der Waals surface area contributed by atoms with Crippen molar-refractivity contribution in [3.8, 4) is 11.6 Å². The Morgan fingerprint density at radius 1 is 1.29 bits per heavy atom. The first-order valence-electron chi connectivity index (χ1n) is 5.24. The third-order valence-electron chi connectivity index (χ3n) is 2.34. The number of hydrogen-bond donors (Lipinski definition) is 1. The maximum absolute atomic E-state index is 5.79. The van der Waals surface area contributed by atoms with E-state index in [-0.39, 0.29) is 0 Å². The second kappa shape index (κ2) is 5.31. The maximum atomic E-state index is 5.79. The zero-order valence-corrected chi connectivity index (χ0v) is 11.5. The van der Waals surface area contributed by atoms with E-state index in [1.165, 1.54) is 6.33 Å². The van der Waals surface area contributed by atoms with Gasteiger partial charge in [0.25, 0.3) is 0 Å². The molecule has 2 rings (SSSR count). The summed E-state index contributed by atoms with van der Waals surface area (Å²) in [6.07, 6.45) is 2.16. The van der Waals surface area contributed by atoms with Crippen LogP contribution in [0.4, 0.5) is 5.82 Å². The summed E-state index contributed by atoms with van der Waals surface area (Å²) in [5.41, 5.74) is 6.63. The number of para-hydroxylation sites is 1. The Balaban J connectivity index is 2.37. The number of nitrogens with zero attached hydrogens (tertiary/aromatic N) is 2. The number of benzene rings is 1. The summed E-state index contributed by atoms with van der Waals surface area (Å²) in [6, 6.07) is 7.77. The first-order valence-corrected chi connectivity index (χ1v) is 6.32. The summed E-state index contributed by atoms with van der Waals surface area (Å²) < 4.78 is 6.81. The number of anilines is 1.